The second kappa shape index (κ2) is 9.36. The highest BCUT2D eigenvalue weighted by molar-refractivity contribution is 7.94. The van der Waals surface area contributed by atoms with Crippen LogP contribution in [0.15, 0.2) is 47.6 Å². The second-order valence-corrected chi connectivity index (χ2v) is 11.4. The van der Waals surface area contributed by atoms with Crippen molar-refractivity contribution in [1.29, 1.82) is 0 Å². The van der Waals surface area contributed by atoms with Gasteiger partial charge in [-0.05, 0) is 57.2 Å². The quantitative estimate of drug-likeness (QED) is 0.349. The van der Waals surface area contributed by atoms with E-state index >= 15 is 0 Å². The number of benzene rings is 1. The van der Waals surface area contributed by atoms with E-state index in [1.807, 2.05) is 13.8 Å². The third-order valence-corrected chi connectivity index (χ3v) is 9.06. The molecule has 8 nitrogen and oxygen atoms in total. The lowest BCUT2D eigenvalue weighted by molar-refractivity contribution is 0.250. The van der Waals surface area contributed by atoms with E-state index in [0.29, 0.717) is 37.1 Å². The topological polar surface area (TPSA) is 140 Å². The molecule has 0 saturated heterocycles. The third kappa shape index (κ3) is 5.15. The molecular formula is C23H33N5O3S. The fourth-order valence-corrected chi connectivity index (χ4v) is 6.74. The zero-order valence-electron chi connectivity index (χ0n) is 18.7. The standard InChI is InChI=1S/C23H33N5O3S/c1-15(2)26-22(29)28-18-10-8-17(9-11-18)16(3)27-21(25)14-20(24)23(12-13-23)32(30,31)19-6-4-5-7-19/h8-11,14-15,19H,3-7,12-13,24H2,1-2H3,(H2,25,27)(H2,26,28,29)/b20-14-. The average Bonchev–Trinajstić information content (AvgIpc) is 3.35. The van der Waals surface area contributed by atoms with Crippen LogP contribution in [0.1, 0.15) is 57.9 Å². The van der Waals surface area contributed by atoms with Gasteiger partial charge in [-0.1, -0.05) is 31.6 Å². The van der Waals surface area contributed by atoms with Gasteiger partial charge in [0.2, 0.25) is 0 Å². The number of nitrogens with one attached hydrogen (secondary N) is 2. The van der Waals surface area contributed by atoms with Crippen LogP contribution in [0.5, 0.6) is 0 Å². The SMILES string of the molecule is C=C(N=C(N)/C=C(\N)C1(S(=O)(=O)C2CCCC2)CC1)c1ccc(NC(=O)NC(C)C)cc1. The molecule has 0 unspecified atom stereocenters. The number of hydrogen-bond donors (Lipinski definition) is 4. The number of anilines is 1. The van der Waals surface area contributed by atoms with Crippen LogP contribution in [-0.4, -0.2) is 36.3 Å². The Morgan fingerprint density at radius 1 is 1.19 bits per heavy atom. The summed E-state index contributed by atoms with van der Waals surface area (Å²) in [6.07, 6.45) is 5.83. The Kier molecular flexibility index (Phi) is 6.97. The van der Waals surface area contributed by atoms with E-state index in [9.17, 15) is 13.2 Å². The molecule has 0 heterocycles. The lowest BCUT2D eigenvalue weighted by Crippen LogP contribution is -2.37. The summed E-state index contributed by atoms with van der Waals surface area (Å²) in [7, 11) is -3.34. The number of amides is 2. The fraction of sp³-hybridized carbons (Fsp3) is 0.478. The minimum absolute atomic E-state index is 0.0368. The Balaban J connectivity index is 1.68. The van der Waals surface area contributed by atoms with Gasteiger partial charge in [-0.3, -0.25) is 0 Å². The summed E-state index contributed by atoms with van der Waals surface area (Å²) in [5.74, 6) is 0.110. The van der Waals surface area contributed by atoms with Gasteiger partial charge in [0.25, 0.3) is 0 Å². The van der Waals surface area contributed by atoms with Gasteiger partial charge in [0.1, 0.15) is 10.6 Å². The highest BCUT2D eigenvalue weighted by Crippen LogP contribution is 2.51. The zero-order chi connectivity index (χ0) is 23.5. The molecule has 0 aliphatic heterocycles. The Morgan fingerprint density at radius 2 is 1.78 bits per heavy atom. The van der Waals surface area contributed by atoms with E-state index in [0.717, 1.165) is 18.4 Å². The van der Waals surface area contributed by atoms with Gasteiger partial charge in [0.15, 0.2) is 9.84 Å². The number of carbonyl (C=O) groups is 1. The minimum atomic E-state index is -3.34. The molecule has 0 atom stereocenters. The second-order valence-electron chi connectivity index (χ2n) is 8.86. The normalized spacial score (nSPS) is 19.1. The molecule has 2 fully saturated rings. The largest absolute Gasteiger partial charge is 0.401 e. The molecule has 6 N–H and O–H groups in total. The third-order valence-electron chi connectivity index (χ3n) is 5.98. The van der Waals surface area contributed by atoms with Crippen molar-refractivity contribution in [2.24, 2.45) is 16.5 Å². The minimum Gasteiger partial charge on any atom is -0.401 e. The van der Waals surface area contributed by atoms with Gasteiger partial charge in [0.05, 0.1) is 10.9 Å². The lowest BCUT2D eigenvalue weighted by atomic mass is 10.1. The van der Waals surface area contributed by atoms with Gasteiger partial charge in [-0.25, -0.2) is 18.2 Å². The van der Waals surface area contributed by atoms with Gasteiger partial charge >= 0.3 is 6.03 Å². The molecule has 2 aliphatic carbocycles. The van der Waals surface area contributed by atoms with Crippen molar-refractivity contribution in [2.75, 3.05) is 5.32 Å². The van der Waals surface area contributed by atoms with E-state index < -0.39 is 14.6 Å². The number of carbonyl (C=O) groups excluding carboxylic acids is 1. The fourth-order valence-electron chi connectivity index (χ4n) is 4.09. The van der Waals surface area contributed by atoms with Crippen LogP contribution in [0.25, 0.3) is 5.70 Å². The molecule has 0 spiro atoms. The van der Waals surface area contributed by atoms with E-state index in [1.54, 1.807) is 24.3 Å². The maximum absolute atomic E-state index is 13.1. The summed E-state index contributed by atoms with van der Waals surface area (Å²) in [5, 5.41) is 5.19. The van der Waals surface area contributed by atoms with Crippen LogP contribution < -0.4 is 22.1 Å². The maximum Gasteiger partial charge on any atom is 0.319 e. The number of urea groups is 1. The lowest BCUT2D eigenvalue weighted by Gasteiger charge is -2.21. The summed E-state index contributed by atoms with van der Waals surface area (Å²) in [4.78, 5) is 16.1. The first-order valence-corrected chi connectivity index (χ1v) is 12.5. The molecule has 32 heavy (non-hydrogen) atoms. The number of sulfone groups is 1. The highest BCUT2D eigenvalue weighted by Gasteiger charge is 2.59. The van der Waals surface area contributed by atoms with Crippen molar-refractivity contribution in [2.45, 2.75) is 68.4 Å². The molecule has 9 heteroatoms. The van der Waals surface area contributed by atoms with E-state index in [2.05, 4.69) is 22.2 Å². The molecule has 1 aromatic rings. The number of hydrogen-bond acceptors (Lipinski definition) is 5. The summed E-state index contributed by atoms with van der Waals surface area (Å²) in [6.45, 7) is 7.70. The summed E-state index contributed by atoms with van der Waals surface area (Å²) in [5.41, 5.74) is 14.3. The monoisotopic (exact) mass is 459 g/mol. The molecule has 2 aliphatic rings. The molecule has 0 aromatic heterocycles. The van der Waals surface area contributed by atoms with Crippen molar-refractivity contribution in [3.8, 4) is 0 Å². The number of nitrogens with zero attached hydrogens (tertiary/aromatic N) is 1. The Morgan fingerprint density at radius 3 is 2.31 bits per heavy atom. The van der Waals surface area contributed by atoms with Gasteiger partial charge in [-0.15, -0.1) is 0 Å². The summed E-state index contributed by atoms with van der Waals surface area (Å²) >= 11 is 0. The van der Waals surface area contributed by atoms with Crippen molar-refractivity contribution in [1.82, 2.24) is 5.32 Å². The molecule has 3 rings (SSSR count). The first-order valence-electron chi connectivity index (χ1n) is 11.0. The van der Waals surface area contributed by atoms with E-state index in [1.165, 1.54) is 6.08 Å². The smallest absolute Gasteiger partial charge is 0.319 e. The number of aliphatic imine (C=N–C) groups is 1. The van der Waals surface area contributed by atoms with Crippen molar-refractivity contribution >= 4 is 33.1 Å². The molecule has 0 radical (unpaired) electrons. The highest BCUT2D eigenvalue weighted by atomic mass is 32.2. The van der Waals surface area contributed by atoms with Crippen molar-refractivity contribution in [3.05, 3.63) is 48.2 Å². The first-order chi connectivity index (χ1) is 15.0. The molecular weight excluding hydrogens is 426 g/mol. The zero-order valence-corrected chi connectivity index (χ0v) is 19.5. The number of rotatable bonds is 8. The van der Waals surface area contributed by atoms with E-state index in [4.69, 9.17) is 11.5 Å². The predicted molar refractivity (Wildman–Crippen MR) is 130 cm³/mol. The van der Waals surface area contributed by atoms with Gasteiger partial charge < -0.3 is 22.1 Å². The average molecular weight is 460 g/mol. The first kappa shape index (κ1) is 23.8. The van der Waals surface area contributed by atoms with Crippen molar-refractivity contribution in [3.63, 3.8) is 0 Å². The molecule has 174 valence electrons. The van der Waals surface area contributed by atoms with E-state index in [-0.39, 0.29) is 28.9 Å². The predicted octanol–water partition coefficient (Wildman–Crippen LogP) is 3.28. The van der Waals surface area contributed by atoms with Crippen molar-refractivity contribution < 1.29 is 13.2 Å². The van der Waals surface area contributed by atoms with Crippen LogP contribution in [0, 0.1) is 0 Å². The van der Waals surface area contributed by atoms with Crippen LogP contribution in [0.3, 0.4) is 0 Å². The van der Waals surface area contributed by atoms with Crippen LogP contribution in [0.4, 0.5) is 10.5 Å². The summed E-state index contributed by atoms with van der Waals surface area (Å²) in [6, 6.07) is 6.77. The van der Waals surface area contributed by atoms with Crippen LogP contribution in [0.2, 0.25) is 0 Å². The Labute approximate surface area is 190 Å². The molecule has 2 saturated carbocycles. The number of amidine groups is 1. The molecule has 0 bridgehead atoms. The van der Waals surface area contributed by atoms with Crippen LogP contribution in [-0.2, 0) is 9.84 Å². The number of nitrogens with two attached hydrogens (primary N) is 2. The molecule has 1 aromatic carbocycles. The molecule has 2 amide bonds. The van der Waals surface area contributed by atoms with Gasteiger partial charge in [-0.2, -0.15) is 0 Å². The maximum atomic E-state index is 13.1. The Hall–Kier alpha value is -2.81. The van der Waals surface area contributed by atoms with Gasteiger partial charge in [0, 0.05) is 23.5 Å². The summed E-state index contributed by atoms with van der Waals surface area (Å²) < 4.78 is 25.2. The van der Waals surface area contributed by atoms with Crippen LogP contribution >= 0.6 is 0 Å². The Bertz CT molecular complexity index is 1030.